The smallest absolute Gasteiger partial charge is 0.242 e. The SMILES string of the molecule is CCCCN1C(=O)C2NNC(c3ccccc3O)C2C1c1ccc(C(C)(C)C)cc1. The van der Waals surface area contributed by atoms with E-state index in [1.807, 2.05) is 23.1 Å². The van der Waals surface area contributed by atoms with E-state index in [0.29, 0.717) is 0 Å². The monoisotopic (exact) mass is 407 g/mol. The van der Waals surface area contributed by atoms with E-state index in [0.717, 1.165) is 30.5 Å². The number of unbranched alkanes of at least 4 members (excludes halogenated alkanes) is 1. The highest BCUT2D eigenvalue weighted by Crippen LogP contribution is 2.48. The molecule has 2 aromatic rings. The quantitative estimate of drug-likeness (QED) is 0.695. The molecule has 0 aromatic heterocycles. The second kappa shape index (κ2) is 8.05. The van der Waals surface area contributed by atoms with Crippen molar-refractivity contribution in [3.05, 3.63) is 65.2 Å². The van der Waals surface area contributed by atoms with Gasteiger partial charge in [0.05, 0.1) is 12.1 Å². The fourth-order valence-corrected chi connectivity index (χ4v) is 4.87. The maximum atomic E-state index is 13.3. The zero-order chi connectivity index (χ0) is 21.5. The van der Waals surface area contributed by atoms with Gasteiger partial charge in [-0.2, -0.15) is 0 Å². The van der Waals surface area contributed by atoms with Crippen LogP contribution < -0.4 is 10.9 Å². The van der Waals surface area contributed by atoms with Crippen molar-refractivity contribution < 1.29 is 9.90 Å². The van der Waals surface area contributed by atoms with E-state index in [-0.39, 0.29) is 41.1 Å². The van der Waals surface area contributed by atoms with Gasteiger partial charge >= 0.3 is 0 Å². The first kappa shape index (κ1) is 20.9. The molecule has 5 heteroatoms. The Morgan fingerprint density at radius 2 is 1.67 bits per heavy atom. The number of carbonyl (C=O) groups is 1. The van der Waals surface area contributed by atoms with Crippen LogP contribution in [-0.2, 0) is 10.2 Å². The van der Waals surface area contributed by atoms with Crippen LogP contribution in [-0.4, -0.2) is 28.5 Å². The number of hydrogen-bond acceptors (Lipinski definition) is 4. The number of hydrazine groups is 1. The number of phenols is 1. The Morgan fingerprint density at radius 1 is 1.00 bits per heavy atom. The lowest BCUT2D eigenvalue weighted by Gasteiger charge is -2.32. The highest BCUT2D eigenvalue weighted by atomic mass is 16.3. The van der Waals surface area contributed by atoms with Gasteiger partial charge in [-0.1, -0.05) is 76.6 Å². The number of phenolic OH excluding ortho intramolecular Hbond substituents is 1. The van der Waals surface area contributed by atoms with Crippen molar-refractivity contribution in [3.8, 4) is 5.75 Å². The molecule has 0 saturated carbocycles. The van der Waals surface area contributed by atoms with Gasteiger partial charge in [0.2, 0.25) is 5.91 Å². The van der Waals surface area contributed by atoms with Gasteiger partial charge in [0.15, 0.2) is 0 Å². The summed E-state index contributed by atoms with van der Waals surface area (Å²) in [5.74, 6) is 0.408. The van der Waals surface area contributed by atoms with Gasteiger partial charge in [-0.25, -0.2) is 10.9 Å². The van der Waals surface area contributed by atoms with Crippen LogP contribution in [0, 0.1) is 5.92 Å². The normalized spacial score (nSPS) is 26.3. The molecule has 0 spiro atoms. The van der Waals surface area contributed by atoms with Crippen LogP contribution in [0.1, 0.15) is 69.3 Å². The molecule has 5 nitrogen and oxygen atoms in total. The van der Waals surface area contributed by atoms with Crippen molar-refractivity contribution in [2.75, 3.05) is 6.54 Å². The summed E-state index contributed by atoms with van der Waals surface area (Å²) < 4.78 is 0. The number of aromatic hydroxyl groups is 1. The zero-order valence-corrected chi connectivity index (χ0v) is 18.4. The first-order valence-electron chi connectivity index (χ1n) is 11.0. The van der Waals surface area contributed by atoms with Crippen LogP contribution in [0.25, 0.3) is 0 Å². The van der Waals surface area contributed by atoms with E-state index in [4.69, 9.17) is 0 Å². The molecule has 0 aliphatic carbocycles. The topological polar surface area (TPSA) is 64.6 Å². The molecule has 2 heterocycles. The number of carbonyl (C=O) groups excluding carboxylic acids is 1. The molecule has 30 heavy (non-hydrogen) atoms. The molecule has 4 rings (SSSR count). The van der Waals surface area contributed by atoms with Crippen LogP contribution >= 0.6 is 0 Å². The lowest BCUT2D eigenvalue weighted by molar-refractivity contribution is -0.130. The van der Waals surface area contributed by atoms with Crippen molar-refractivity contribution in [3.63, 3.8) is 0 Å². The number of likely N-dealkylation sites (tertiary alicyclic amines) is 1. The number of nitrogens with one attached hydrogen (secondary N) is 2. The zero-order valence-electron chi connectivity index (χ0n) is 18.4. The van der Waals surface area contributed by atoms with Gasteiger partial charge in [-0.3, -0.25) is 4.79 Å². The average Bonchev–Trinajstić information content (AvgIpc) is 3.25. The van der Waals surface area contributed by atoms with E-state index < -0.39 is 0 Å². The minimum absolute atomic E-state index is 0.00291. The fraction of sp³-hybridized carbons (Fsp3) is 0.480. The highest BCUT2D eigenvalue weighted by Gasteiger charge is 2.55. The van der Waals surface area contributed by atoms with Gasteiger partial charge < -0.3 is 10.0 Å². The highest BCUT2D eigenvalue weighted by molar-refractivity contribution is 5.86. The summed E-state index contributed by atoms with van der Waals surface area (Å²) >= 11 is 0. The summed E-state index contributed by atoms with van der Waals surface area (Å²) in [6, 6.07) is 15.7. The molecule has 1 amide bonds. The summed E-state index contributed by atoms with van der Waals surface area (Å²) in [6.45, 7) is 9.54. The molecule has 3 N–H and O–H groups in total. The molecule has 160 valence electrons. The van der Waals surface area contributed by atoms with Crippen molar-refractivity contribution in [1.29, 1.82) is 0 Å². The largest absolute Gasteiger partial charge is 0.508 e. The van der Waals surface area contributed by atoms with Crippen LogP contribution in [0.5, 0.6) is 5.75 Å². The first-order valence-corrected chi connectivity index (χ1v) is 11.0. The predicted octanol–water partition coefficient (Wildman–Crippen LogP) is 4.21. The van der Waals surface area contributed by atoms with Crippen LogP contribution in [0.15, 0.2) is 48.5 Å². The Balaban J connectivity index is 1.74. The van der Waals surface area contributed by atoms with Crippen LogP contribution in [0.2, 0.25) is 0 Å². The van der Waals surface area contributed by atoms with Gasteiger partial charge in [0.1, 0.15) is 11.8 Å². The summed E-state index contributed by atoms with van der Waals surface area (Å²) in [5.41, 5.74) is 9.90. The Labute approximate surface area is 179 Å². The summed E-state index contributed by atoms with van der Waals surface area (Å²) in [7, 11) is 0. The standard InChI is InChI=1S/C25H33N3O2/c1-5-6-15-28-23(16-11-13-17(14-12-16)25(2,3)4)20-21(26-27-22(20)24(28)30)18-9-7-8-10-19(18)29/h7-14,20-23,26-27,29H,5-6,15H2,1-4H3. The molecule has 2 saturated heterocycles. The Morgan fingerprint density at radius 3 is 2.30 bits per heavy atom. The number of benzene rings is 2. The number of para-hydroxylation sites is 1. The van der Waals surface area contributed by atoms with Crippen molar-refractivity contribution >= 4 is 5.91 Å². The molecular formula is C25H33N3O2. The summed E-state index contributed by atoms with van der Waals surface area (Å²) in [5, 5.41) is 10.5. The predicted molar refractivity (Wildman–Crippen MR) is 119 cm³/mol. The maximum absolute atomic E-state index is 13.3. The molecule has 4 atom stereocenters. The van der Waals surface area contributed by atoms with E-state index in [1.54, 1.807) is 6.07 Å². The van der Waals surface area contributed by atoms with Crippen molar-refractivity contribution in [2.24, 2.45) is 5.92 Å². The molecule has 2 fully saturated rings. The van der Waals surface area contributed by atoms with Gasteiger partial charge in [0, 0.05) is 18.0 Å². The first-order chi connectivity index (χ1) is 14.3. The lowest BCUT2D eigenvalue weighted by atomic mass is 9.81. The van der Waals surface area contributed by atoms with Gasteiger partial charge in [-0.05, 0) is 29.0 Å². The van der Waals surface area contributed by atoms with Crippen molar-refractivity contribution in [1.82, 2.24) is 15.8 Å². The number of nitrogens with zero attached hydrogens (tertiary/aromatic N) is 1. The van der Waals surface area contributed by atoms with E-state index in [2.05, 4.69) is 62.8 Å². The average molecular weight is 408 g/mol. The molecule has 0 bridgehead atoms. The number of hydrogen-bond donors (Lipinski definition) is 3. The second-order valence-electron chi connectivity index (χ2n) is 9.58. The third kappa shape index (κ3) is 3.61. The van der Waals surface area contributed by atoms with Crippen molar-refractivity contribution in [2.45, 2.75) is 64.1 Å². The molecule has 2 aromatic carbocycles. The number of fused-ring (bicyclic) bond motifs is 1. The second-order valence-corrected chi connectivity index (χ2v) is 9.58. The minimum Gasteiger partial charge on any atom is -0.508 e. The van der Waals surface area contributed by atoms with E-state index in [1.165, 1.54) is 5.56 Å². The molecule has 2 aliphatic rings. The summed E-state index contributed by atoms with van der Waals surface area (Å²) in [4.78, 5) is 15.4. The third-order valence-corrected chi connectivity index (χ3v) is 6.56. The minimum atomic E-state index is -0.293. The Kier molecular flexibility index (Phi) is 5.60. The Hall–Kier alpha value is -2.37. The van der Waals surface area contributed by atoms with Crippen LogP contribution in [0.4, 0.5) is 0 Å². The van der Waals surface area contributed by atoms with E-state index >= 15 is 0 Å². The molecular weight excluding hydrogens is 374 g/mol. The Bertz CT molecular complexity index is 903. The van der Waals surface area contributed by atoms with Crippen LogP contribution in [0.3, 0.4) is 0 Å². The van der Waals surface area contributed by atoms with E-state index in [9.17, 15) is 9.90 Å². The lowest BCUT2D eigenvalue weighted by Crippen LogP contribution is -2.41. The third-order valence-electron chi connectivity index (χ3n) is 6.56. The van der Waals surface area contributed by atoms with Gasteiger partial charge in [0.25, 0.3) is 0 Å². The fourth-order valence-electron chi connectivity index (χ4n) is 4.87. The van der Waals surface area contributed by atoms with Gasteiger partial charge in [-0.15, -0.1) is 0 Å². The molecule has 4 unspecified atom stereocenters. The molecule has 0 radical (unpaired) electrons. The number of amides is 1. The summed E-state index contributed by atoms with van der Waals surface area (Å²) in [6.07, 6.45) is 2.03. The molecule has 2 aliphatic heterocycles. The maximum Gasteiger partial charge on any atom is 0.242 e. The number of rotatable bonds is 5.